The van der Waals surface area contributed by atoms with Gasteiger partial charge in [-0.1, -0.05) is 35.3 Å². The molecule has 6 heteroatoms. The topological polar surface area (TPSA) is 20.3 Å². The van der Waals surface area contributed by atoms with Crippen LogP contribution in [0.3, 0.4) is 0 Å². The van der Waals surface area contributed by atoms with Gasteiger partial charge >= 0.3 is 0 Å². The lowest BCUT2D eigenvalue weighted by molar-refractivity contribution is 0.0785. The number of benzene rings is 1. The van der Waals surface area contributed by atoms with Crippen LogP contribution in [0.25, 0.3) is 0 Å². The van der Waals surface area contributed by atoms with Crippen molar-refractivity contribution in [2.24, 2.45) is 0 Å². The molecule has 0 N–H and O–H groups in total. The van der Waals surface area contributed by atoms with Crippen LogP contribution in [0.4, 0.5) is 0 Å². The number of hydrogen-bond donors (Lipinski definition) is 0. The van der Waals surface area contributed by atoms with E-state index in [2.05, 4.69) is 15.9 Å². The minimum Gasteiger partial charge on any atom is -0.337 e. The summed E-state index contributed by atoms with van der Waals surface area (Å²) in [7, 11) is 1.74. The molecule has 1 aromatic carbocycles. The summed E-state index contributed by atoms with van der Waals surface area (Å²) < 4.78 is 0.935. The quantitative estimate of drug-likeness (QED) is 0.728. The molecule has 0 aliphatic heterocycles. The second-order valence-electron chi connectivity index (χ2n) is 4.01. The van der Waals surface area contributed by atoms with Crippen LogP contribution in [-0.4, -0.2) is 17.9 Å². The van der Waals surface area contributed by atoms with Gasteiger partial charge in [0.05, 0.1) is 19.4 Å². The van der Waals surface area contributed by atoms with E-state index >= 15 is 0 Å². The summed E-state index contributed by atoms with van der Waals surface area (Å²) in [4.78, 5) is 13.8. The summed E-state index contributed by atoms with van der Waals surface area (Å²) in [6.07, 6.45) is 0. The Hall–Kier alpha value is -0.550. The van der Waals surface area contributed by atoms with E-state index in [4.69, 9.17) is 23.2 Å². The number of rotatable bonds is 3. The fourth-order valence-corrected chi connectivity index (χ4v) is 3.15. The molecule has 0 unspecified atom stereocenters. The van der Waals surface area contributed by atoms with Crippen LogP contribution < -0.4 is 0 Å². The molecule has 0 aliphatic rings. The Kier molecular flexibility index (Phi) is 4.90. The van der Waals surface area contributed by atoms with Crippen molar-refractivity contribution in [2.45, 2.75) is 6.54 Å². The highest BCUT2D eigenvalue weighted by atomic mass is 79.9. The predicted octanol–water partition coefficient (Wildman–Crippen LogP) is 5.09. The number of carbonyl (C=O) groups excluding carboxylic acids is 1. The van der Waals surface area contributed by atoms with Crippen LogP contribution in [0.1, 0.15) is 15.9 Å². The zero-order valence-corrected chi connectivity index (χ0v) is 13.9. The Morgan fingerprint density at radius 2 is 2.16 bits per heavy atom. The van der Waals surface area contributed by atoms with Crippen molar-refractivity contribution in [3.05, 3.63) is 54.6 Å². The Balaban J connectivity index is 2.15. The Labute approximate surface area is 134 Å². The van der Waals surface area contributed by atoms with E-state index in [0.29, 0.717) is 22.2 Å². The largest absolute Gasteiger partial charge is 0.337 e. The Morgan fingerprint density at radius 3 is 2.79 bits per heavy atom. The van der Waals surface area contributed by atoms with Crippen molar-refractivity contribution in [3.8, 4) is 0 Å². The minimum absolute atomic E-state index is 0.0435. The molecule has 0 saturated carbocycles. The summed E-state index contributed by atoms with van der Waals surface area (Å²) in [5.74, 6) is -0.0435. The first-order valence-electron chi connectivity index (χ1n) is 5.41. The maximum absolute atomic E-state index is 12.2. The average molecular weight is 379 g/mol. The lowest BCUT2D eigenvalue weighted by Gasteiger charge is -2.17. The third kappa shape index (κ3) is 3.51. The van der Waals surface area contributed by atoms with Gasteiger partial charge in [-0.2, -0.15) is 0 Å². The fraction of sp³-hybridized carbons (Fsp3) is 0.154. The number of thiophene rings is 1. The van der Waals surface area contributed by atoms with Crippen molar-refractivity contribution in [1.82, 2.24) is 4.90 Å². The number of amides is 1. The van der Waals surface area contributed by atoms with Crippen molar-refractivity contribution in [1.29, 1.82) is 0 Å². The van der Waals surface area contributed by atoms with E-state index in [1.807, 2.05) is 23.6 Å². The van der Waals surface area contributed by atoms with Crippen LogP contribution in [0, 0.1) is 0 Å². The summed E-state index contributed by atoms with van der Waals surface area (Å²) in [5, 5.41) is 2.82. The molecule has 1 heterocycles. The molecule has 19 heavy (non-hydrogen) atoms. The molecular formula is C13H10BrCl2NOS. The molecule has 0 saturated heterocycles. The molecule has 0 aliphatic carbocycles. The first kappa shape index (κ1) is 14.9. The molecule has 0 radical (unpaired) electrons. The zero-order valence-electron chi connectivity index (χ0n) is 9.99. The van der Waals surface area contributed by atoms with Gasteiger partial charge in [0.1, 0.15) is 0 Å². The SMILES string of the molecule is CN(Cc1cccc(Cl)c1Cl)C(=O)c1csc(Br)c1. The number of halogens is 3. The van der Waals surface area contributed by atoms with Gasteiger partial charge in [0.25, 0.3) is 5.91 Å². The standard InChI is InChI=1S/C13H10BrCl2NOS/c1-17(13(18)9-5-11(14)19-7-9)6-8-3-2-4-10(15)12(8)16/h2-5,7H,6H2,1H3. The lowest BCUT2D eigenvalue weighted by atomic mass is 10.2. The first-order valence-corrected chi connectivity index (χ1v) is 7.84. The van der Waals surface area contributed by atoms with Gasteiger partial charge in [-0.15, -0.1) is 11.3 Å². The molecule has 100 valence electrons. The summed E-state index contributed by atoms with van der Waals surface area (Å²) in [5.41, 5.74) is 1.50. The maximum atomic E-state index is 12.2. The van der Waals surface area contributed by atoms with Crippen molar-refractivity contribution in [2.75, 3.05) is 7.05 Å². The molecule has 0 fully saturated rings. The van der Waals surface area contributed by atoms with Gasteiger partial charge in [0, 0.05) is 19.0 Å². The Bertz CT molecular complexity index is 614. The molecule has 1 amide bonds. The zero-order chi connectivity index (χ0) is 14.0. The molecule has 0 bridgehead atoms. The maximum Gasteiger partial charge on any atom is 0.254 e. The third-order valence-electron chi connectivity index (χ3n) is 2.60. The highest BCUT2D eigenvalue weighted by molar-refractivity contribution is 9.11. The van der Waals surface area contributed by atoms with Crippen LogP contribution in [0.15, 0.2) is 33.4 Å². The lowest BCUT2D eigenvalue weighted by Crippen LogP contribution is -2.25. The van der Waals surface area contributed by atoms with Crippen molar-refractivity contribution in [3.63, 3.8) is 0 Å². The number of hydrogen-bond acceptors (Lipinski definition) is 2. The van der Waals surface area contributed by atoms with Gasteiger partial charge in [0.15, 0.2) is 0 Å². The van der Waals surface area contributed by atoms with E-state index in [-0.39, 0.29) is 5.91 Å². The summed E-state index contributed by atoms with van der Waals surface area (Å²) >= 11 is 16.9. The smallest absolute Gasteiger partial charge is 0.254 e. The Morgan fingerprint density at radius 1 is 1.42 bits per heavy atom. The van der Waals surface area contributed by atoms with Crippen LogP contribution in [0.5, 0.6) is 0 Å². The van der Waals surface area contributed by atoms with Gasteiger partial charge in [-0.25, -0.2) is 0 Å². The average Bonchev–Trinajstić information content (AvgIpc) is 2.80. The fourth-order valence-electron chi connectivity index (χ4n) is 1.64. The van der Waals surface area contributed by atoms with E-state index in [9.17, 15) is 4.79 Å². The van der Waals surface area contributed by atoms with E-state index in [1.54, 1.807) is 18.0 Å². The number of nitrogens with zero attached hydrogens (tertiary/aromatic N) is 1. The van der Waals surface area contributed by atoms with Crippen molar-refractivity contribution >= 4 is 56.4 Å². The van der Waals surface area contributed by atoms with Crippen LogP contribution in [0.2, 0.25) is 10.0 Å². The predicted molar refractivity (Wildman–Crippen MR) is 84.3 cm³/mol. The van der Waals surface area contributed by atoms with E-state index in [1.165, 1.54) is 11.3 Å². The van der Waals surface area contributed by atoms with Gasteiger partial charge < -0.3 is 4.90 Å². The van der Waals surface area contributed by atoms with Crippen molar-refractivity contribution < 1.29 is 4.79 Å². The molecule has 2 aromatic rings. The molecule has 0 atom stereocenters. The van der Waals surface area contributed by atoms with Gasteiger partial charge in [-0.05, 0) is 33.6 Å². The van der Waals surface area contributed by atoms with Gasteiger partial charge in [0.2, 0.25) is 0 Å². The van der Waals surface area contributed by atoms with E-state index < -0.39 is 0 Å². The summed E-state index contributed by atoms with van der Waals surface area (Å²) in [6.45, 7) is 0.422. The minimum atomic E-state index is -0.0435. The second kappa shape index (κ2) is 6.27. The van der Waals surface area contributed by atoms with Crippen LogP contribution >= 0.6 is 50.5 Å². The molecule has 0 spiro atoms. The molecular weight excluding hydrogens is 369 g/mol. The molecule has 1 aromatic heterocycles. The molecule has 2 nitrogen and oxygen atoms in total. The summed E-state index contributed by atoms with van der Waals surface area (Å²) in [6, 6.07) is 7.22. The molecule has 2 rings (SSSR count). The monoisotopic (exact) mass is 377 g/mol. The van der Waals surface area contributed by atoms with Crippen LogP contribution in [-0.2, 0) is 6.54 Å². The normalized spacial score (nSPS) is 10.5. The van der Waals surface area contributed by atoms with E-state index in [0.717, 1.165) is 9.35 Å². The first-order chi connectivity index (χ1) is 8.99. The second-order valence-corrected chi connectivity index (χ2v) is 7.09. The third-order valence-corrected chi connectivity index (χ3v) is 4.96. The number of carbonyl (C=O) groups is 1. The highest BCUT2D eigenvalue weighted by Crippen LogP contribution is 2.27. The highest BCUT2D eigenvalue weighted by Gasteiger charge is 2.15. The van der Waals surface area contributed by atoms with Gasteiger partial charge in [-0.3, -0.25) is 4.79 Å².